The van der Waals surface area contributed by atoms with Crippen LogP contribution in [-0.2, 0) is 16.3 Å². The van der Waals surface area contributed by atoms with E-state index in [2.05, 4.69) is 0 Å². The molecule has 1 aromatic heterocycles. The van der Waals surface area contributed by atoms with Crippen LogP contribution >= 0.6 is 0 Å². The molecular formula is C19H15FO5S. The van der Waals surface area contributed by atoms with E-state index < -0.39 is 21.3 Å². The fourth-order valence-corrected chi connectivity index (χ4v) is 3.04. The van der Waals surface area contributed by atoms with E-state index in [0.717, 1.165) is 17.9 Å². The molecule has 3 aromatic rings. The number of sulfone groups is 1. The van der Waals surface area contributed by atoms with Crippen molar-refractivity contribution in [3.8, 4) is 11.5 Å². The highest BCUT2D eigenvalue weighted by Crippen LogP contribution is 2.25. The molecule has 5 nitrogen and oxygen atoms in total. The zero-order valence-corrected chi connectivity index (χ0v) is 14.6. The first-order chi connectivity index (χ1) is 12.3. The van der Waals surface area contributed by atoms with Crippen LogP contribution in [0.1, 0.15) is 11.1 Å². The highest BCUT2D eigenvalue weighted by atomic mass is 32.2. The number of benzene rings is 2. The molecule has 0 atom stereocenters. The quantitative estimate of drug-likeness (QED) is 0.683. The third-order valence-corrected chi connectivity index (χ3v) is 4.81. The Bertz CT molecular complexity index is 1090. The van der Waals surface area contributed by atoms with E-state index in [0.29, 0.717) is 12.0 Å². The first-order valence-electron chi connectivity index (χ1n) is 7.66. The van der Waals surface area contributed by atoms with E-state index >= 15 is 0 Å². The summed E-state index contributed by atoms with van der Waals surface area (Å²) in [7, 11) is -3.28. The second-order valence-corrected chi connectivity index (χ2v) is 7.73. The largest absolute Gasteiger partial charge is 0.449 e. The molecule has 26 heavy (non-hydrogen) atoms. The molecule has 1 heterocycles. The minimum Gasteiger partial charge on any atom is -0.449 e. The smallest absolute Gasteiger partial charge is 0.379 e. The highest BCUT2D eigenvalue weighted by molar-refractivity contribution is 7.90. The fraction of sp³-hybridized carbons (Fsp3) is 0.105. The fourth-order valence-electron chi connectivity index (χ4n) is 2.41. The van der Waals surface area contributed by atoms with Crippen LogP contribution in [0, 0.1) is 5.82 Å². The molecular weight excluding hydrogens is 359 g/mol. The second-order valence-electron chi connectivity index (χ2n) is 5.71. The lowest BCUT2D eigenvalue weighted by atomic mass is 10.1. The molecule has 0 N–H and O–H groups in total. The van der Waals surface area contributed by atoms with Crippen LogP contribution in [0.2, 0.25) is 0 Å². The van der Waals surface area contributed by atoms with Crippen molar-refractivity contribution in [2.24, 2.45) is 0 Å². The van der Waals surface area contributed by atoms with Gasteiger partial charge in [0.15, 0.2) is 9.84 Å². The minimum absolute atomic E-state index is 0.0368. The van der Waals surface area contributed by atoms with Gasteiger partial charge in [0.2, 0.25) is 5.75 Å². The molecule has 0 saturated carbocycles. The van der Waals surface area contributed by atoms with Gasteiger partial charge in [-0.3, -0.25) is 0 Å². The molecule has 0 amide bonds. The van der Waals surface area contributed by atoms with E-state index in [-0.39, 0.29) is 16.4 Å². The van der Waals surface area contributed by atoms with E-state index in [1.807, 2.05) is 0 Å². The summed E-state index contributed by atoms with van der Waals surface area (Å²) in [4.78, 5) is 12.3. The van der Waals surface area contributed by atoms with Crippen molar-refractivity contribution in [1.82, 2.24) is 0 Å². The van der Waals surface area contributed by atoms with Gasteiger partial charge in [-0.05, 0) is 35.9 Å². The van der Waals surface area contributed by atoms with Gasteiger partial charge in [-0.15, -0.1) is 0 Å². The van der Waals surface area contributed by atoms with Crippen molar-refractivity contribution in [3.63, 3.8) is 0 Å². The monoisotopic (exact) mass is 374 g/mol. The van der Waals surface area contributed by atoms with Gasteiger partial charge in [0, 0.05) is 24.3 Å². The van der Waals surface area contributed by atoms with Gasteiger partial charge in [0.05, 0.1) is 11.2 Å². The van der Waals surface area contributed by atoms with Crippen LogP contribution in [0.15, 0.2) is 75.0 Å². The second kappa shape index (κ2) is 7.13. The summed E-state index contributed by atoms with van der Waals surface area (Å²) in [5, 5.41) is 0. The Kier molecular flexibility index (Phi) is 4.90. The molecule has 0 unspecified atom stereocenters. The van der Waals surface area contributed by atoms with Gasteiger partial charge >= 0.3 is 5.63 Å². The summed E-state index contributed by atoms with van der Waals surface area (Å²) < 4.78 is 46.8. The molecule has 0 spiro atoms. The molecule has 0 saturated heterocycles. The minimum atomic E-state index is -3.28. The standard InChI is InChI=1S/C19H15FO5S/c1-26(22,23)17-7-5-13(6-8-17)11-14-9-10-24-19(21)18(14)25-16-4-2-3-15(20)12-16/h2-10,12H,11H2,1H3. The summed E-state index contributed by atoms with van der Waals surface area (Å²) in [5.41, 5.74) is 0.643. The maximum Gasteiger partial charge on any atom is 0.379 e. The Morgan fingerprint density at radius 1 is 1.08 bits per heavy atom. The summed E-state index contributed by atoms with van der Waals surface area (Å²) in [6, 6.07) is 13.3. The van der Waals surface area contributed by atoms with Crippen molar-refractivity contribution in [2.45, 2.75) is 11.3 Å². The van der Waals surface area contributed by atoms with Crippen molar-refractivity contribution in [3.05, 3.63) is 88.2 Å². The van der Waals surface area contributed by atoms with Gasteiger partial charge in [0.1, 0.15) is 11.6 Å². The van der Waals surface area contributed by atoms with Crippen molar-refractivity contribution < 1.29 is 22.0 Å². The molecule has 0 aliphatic carbocycles. The summed E-state index contributed by atoms with van der Waals surface area (Å²) >= 11 is 0. The average molecular weight is 374 g/mol. The van der Waals surface area contributed by atoms with Gasteiger partial charge in [-0.2, -0.15) is 0 Å². The van der Waals surface area contributed by atoms with E-state index in [9.17, 15) is 17.6 Å². The number of hydrogen-bond donors (Lipinski definition) is 0. The lowest BCUT2D eigenvalue weighted by Gasteiger charge is -2.10. The van der Waals surface area contributed by atoms with Gasteiger partial charge in [-0.1, -0.05) is 18.2 Å². The molecule has 134 valence electrons. The molecule has 0 radical (unpaired) electrons. The summed E-state index contributed by atoms with van der Waals surface area (Å²) in [6.07, 6.45) is 2.70. The molecule has 3 rings (SSSR count). The Labute approximate surface area is 149 Å². The Morgan fingerprint density at radius 3 is 2.46 bits per heavy atom. The summed E-state index contributed by atoms with van der Waals surface area (Å²) in [5.74, 6) is -0.344. The molecule has 2 aromatic carbocycles. The van der Waals surface area contributed by atoms with Gasteiger partial charge < -0.3 is 9.15 Å². The maximum absolute atomic E-state index is 13.3. The predicted molar refractivity (Wildman–Crippen MR) is 93.8 cm³/mol. The lowest BCUT2D eigenvalue weighted by Crippen LogP contribution is -2.07. The zero-order valence-electron chi connectivity index (χ0n) is 13.8. The van der Waals surface area contributed by atoms with Crippen molar-refractivity contribution >= 4 is 9.84 Å². The number of rotatable bonds is 5. The topological polar surface area (TPSA) is 73.6 Å². The lowest BCUT2D eigenvalue weighted by molar-refractivity contribution is 0.413. The van der Waals surface area contributed by atoms with E-state index in [1.54, 1.807) is 18.2 Å². The molecule has 0 fully saturated rings. The maximum atomic E-state index is 13.3. The van der Waals surface area contributed by atoms with Crippen LogP contribution in [-0.4, -0.2) is 14.7 Å². The van der Waals surface area contributed by atoms with Crippen molar-refractivity contribution in [1.29, 1.82) is 0 Å². The Balaban J connectivity index is 1.91. The summed E-state index contributed by atoms with van der Waals surface area (Å²) in [6.45, 7) is 0. The third kappa shape index (κ3) is 4.18. The number of hydrogen-bond acceptors (Lipinski definition) is 5. The van der Waals surface area contributed by atoms with Gasteiger partial charge in [-0.25, -0.2) is 17.6 Å². The van der Waals surface area contributed by atoms with E-state index in [1.165, 1.54) is 36.6 Å². The van der Waals surface area contributed by atoms with Crippen LogP contribution < -0.4 is 10.4 Å². The van der Waals surface area contributed by atoms with Crippen molar-refractivity contribution in [2.75, 3.05) is 6.26 Å². The van der Waals surface area contributed by atoms with Crippen LogP contribution in [0.5, 0.6) is 11.5 Å². The van der Waals surface area contributed by atoms with Gasteiger partial charge in [0.25, 0.3) is 0 Å². The van der Waals surface area contributed by atoms with Crippen LogP contribution in [0.25, 0.3) is 0 Å². The number of halogens is 1. The van der Waals surface area contributed by atoms with Crippen LogP contribution in [0.4, 0.5) is 4.39 Å². The first-order valence-corrected chi connectivity index (χ1v) is 9.55. The normalized spacial score (nSPS) is 11.3. The third-order valence-electron chi connectivity index (χ3n) is 3.68. The Hall–Kier alpha value is -2.93. The molecule has 0 bridgehead atoms. The zero-order chi connectivity index (χ0) is 18.7. The first kappa shape index (κ1) is 17.9. The van der Waals surface area contributed by atoms with E-state index in [4.69, 9.17) is 9.15 Å². The predicted octanol–water partition coefficient (Wildman–Crippen LogP) is 3.57. The SMILES string of the molecule is CS(=O)(=O)c1ccc(Cc2ccoc(=O)c2Oc2cccc(F)c2)cc1. The molecule has 0 aliphatic rings. The number of ether oxygens (including phenoxy) is 1. The molecule has 7 heteroatoms. The molecule has 0 aliphatic heterocycles. The average Bonchev–Trinajstić information content (AvgIpc) is 2.58. The highest BCUT2D eigenvalue weighted by Gasteiger charge is 2.13. The van der Waals surface area contributed by atoms with Crippen LogP contribution in [0.3, 0.4) is 0 Å². The Morgan fingerprint density at radius 2 is 1.81 bits per heavy atom.